The lowest BCUT2D eigenvalue weighted by molar-refractivity contribution is -0.281. The molecule has 0 saturated heterocycles. The Morgan fingerprint density at radius 1 is 1.13 bits per heavy atom. The summed E-state index contributed by atoms with van der Waals surface area (Å²) >= 11 is 0. The van der Waals surface area contributed by atoms with Gasteiger partial charge in [-0.2, -0.15) is 0 Å². The molecule has 0 aliphatic rings. The van der Waals surface area contributed by atoms with Crippen molar-refractivity contribution >= 4 is 0 Å². The minimum Gasteiger partial charge on any atom is -0.844 e. The van der Waals surface area contributed by atoms with Crippen molar-refractivity contribution in [3.63, 3.8) is 0 Å². The molecule has 0 radical (unpaired) electrons. The number of ether oxygens (including phenoxy) is 1. The maximum Gasteiger partial charge on any atom is 0.163 e. The van der Waals surface area contributed by atoms with E-state index in [0.717, 1.165) is 5.56 Å². The van der Waals surface area contributed by atoms with Gasteiger partial charge in [-0.1, -0.05) is 12.1 Å². The van der Waals surface area contributed by atoms with Gasteiger partial charge in [0.05, 0.1) is 18.4 Å². The predicted octanol–water partition coefficient (Wildman–Crippen LogP) is 1.65. The molecule has 4 nitrogen and oxygen atoms in total. The van der Waals surface area contributed by atoms with E-state index in [0.29, 0.717) is 11.5 Å². The third-order valence-electron chi connectivity index (χ3n) is 1.83. The van der Waals surface area contributed by atoms with E-state index in [1.807, 2.05) is 31.2 Å². The van der Waals surface area contributed by atoms with Crippen LogP contribution in [0.15, 0.2) is 36.7 Å². The first-order chi connectivity index (χ1) is 7.24. The molecule has 0 N–H and O–H groups in total. The van der Waals surface area contributed by atoms with Gasteiger partial charge in [0.2, 0.25) is 0 Å². The van der Waals surface area contributed by atoms with Gasteiger partial charge in [-0.3, -0.25) is 0 Å². The van der Waals surface area contributed by atoms with Crippen molar-refractivity contribution in [1.29, 1.82) is 0 Å². The van der Waals surface area contributed by atoms with Gasteiger partial charge in [-0.15, -0.1) is 0 Å². The fourth-order valence-electron chi connectivity index (χ4n) is 1.17. The van der Waals surface area contributed by atoms with Gasteiger partial charge < -0.3 is 9.84 Å². The molecule has 1 aromatic carbocycles. The van der Waals surface area contributed by atoms with Crippen LogP contribution in [0.3, 0.4) is 0 Å². The average Bonchev–Trinajstić information content (AvgIpc) is 2.22. The van der Waals surface area contributed by atoms with Gasteiger partial charge in [0.15, 0.2) is 5.75 Å². The second kappa shape index (κ2) is 3.96. The van der Waals surface area contributed by atoms with Gasteiger partial charge in [0.1, 0.15) is 5.75 Å². The van der Waals surface area contributed by atoms with Gasteiger partial charge in [0.25, 0.3) is 0 Å². The molecule has 0 saturated carbocycles. The largest absolute Gasteiger partial charge is 0.844 e. The van der Waals surface area contributed by atoms with Crippen molar-refractivity contribution in [2.24, 2.45) is 0 Å². The van der Waals surface area contributed by atoms with Gasteiger partial charge >= 0.3 is 0 Å². The van der Waals surface area contributed by atoms with Gasteiger partial charge in [-0.05, 0) is 24.6 Å². The van der Waals surface area contributed by atoms with Crippen molar-refractivity contribution in [3.8, 4) is 17.5 Å². The van der Waals surface area contributed by atoms with Crippen molar-refractivity contribution in [1.82, 2.24) is 9.97 Å². The van der Waals surface area contributed by atoms with Crippen molar-refractivity contribution in [2.45, 2.75) is 6.92 Å². The molecule has 1 heterocycles. The Kier molecular flexibility index (Phi) is 2.49. The maximum atomic E-state index is 10.7. The van der Waals surface area contributed by atoms with Crippen LogP contribution in [0.5, 0.6) is 17.5 Å². The fourth-order valence-corrected chi connectivity index (χ4v) is 1.17. The Morgan fingerprint density at radius 2 is 1.87 bits per heavy atom. The SMILES string of the molecule is Cc1cccc(Oc2cnc([O-])nc2)c1. The van der Waals surface area contributed by atoms with E-state index in [4.69, 9.17) is 4.74 Å². The molecule has 2 rings (SSSR count). The molecule has 0 unspecified atom stereocenters. The van der Waals surface area contributed by atoms with Crippen LogP contribution < -0.4 is 9.84 Å². The second-order valence-electron chi connectivity index (χ2n) is 3.12. The Bertz CT molecular complexity index is 454. The quantitative estimate of drug-likeness (QED) is 0.741. The van der Waals surface area contributed by atoms with Crippen LogP contribution in [-0.4, -0.2) is 9.97 Å². The van der Waals surface area contributed by atoms with Gasteiger partial charge in [-0.25, -0.2) is 9.97 Å². The highest BCUT2D eigenvalue weighted by molar-refractivity contribution is 5.31. The summed E-state index contributed by atoms with van der Waals surface area (Å²) in [4.78, 5) is 7.01. The molecular weight excluding hydrogens is 192 g/mol. The standard InChI is InChI=1S/C11H10N2O2/c1-8-3-2-4-9(5-8)15-10-6-12-11(14)13-7-10/h2-7H,1H3,(H,12,13,14)/p-1. The molecule has 0 fully saturated rings. The average molecular weight is 201 g/mol. The predicted molar refractivity (Wildman–Crippen MR) is 52.7 cm³/mol. The number of aromatic nitrogens is 2. The smallest absolute Gasteiger partial charge is 0.163 e. The topological polar surface area (TPSA) is 58.1 Å². The van der Waals surface area contributed by atoms with E-state index in [2.05, 4.69) is 9.97 Å². The lowest BCUT2D eigenvalue weighted by Crippen LogP contribution is -1.97. The number of hydrogen-bond donors (Lipinski definition) is 0. The van der Waals surface area contributed by atoms with E-state index in [9.17, 15) is 5.11 Å². The van der Waals surface area contributed by atoms with Crippen LogP contribution in [0.4, 0.5) is 0 Å². The zero-order chi connectivity index (χ0) is 10.7. The van der Waals surface area contributed by atoms with Crippen LogP contribution >= 0.6 is 0 Å². The van der Waals surface area contributed by atoms with Crippen LogP contribution in [-0.2, 0) is 0 Å². The summed E-state index contributed by atoms with van der Waals surface area (Å²) in [5, 5.41) is 10.7. The molecule has 4 heteroatoms. The van der Waals surface area contributed by atoms with Gasteiger partial charge in [0, 0.05) is 0 Å². The fraction of sp³-hybridized carbons (Fsp3) is 0.0909. The summed E-state index contributed by atoms with van der Waals surface area (Å²) < 4.78 is 5.45. The summed E-state index contributed by atoms with van der Waals surface area (Å²) in [6, 6.07) is 7.09. The van der Waals surface area contributed by atoms with Crippen molar-refractivity contribution in [2.75, 3.05) is 0 Å². The number of aryl methyl sites for hydroxylation is 1. The second-order valence-corrected chi connectivity index (χ2v) is 3.12. The Labute approximate surface area is 87.2 Å². The van der Waals surface area contributed by atoms with Crippen LogP contribution in [0.2, 0.25) is 0 Å². The zero-order valence-corrected chi connectivity index (χ0v) is 8.18. The number of rotatable bonds is 2. The molecule has 76 valence electrons. The Balaban J connectivity index is 2.18. The van der Waals surface area contributed by atoms with Crippen molar-refractivity contribution < 1.29 is 9.84 Å². The summed E-state index contributed by atoms with van der Waals surface area (Å²) in [6.07, 6.45) is 2.72. The summed E-state index contributed by atoms with van der Waals surface area (Å²) in [7, 11) is 0. The molecule has 0 aliphatic carbocycles. The van der Waals surface area contributed by atoms with Crippen molar-refractivity contribution in [3.05, 3.63) is 42.2 Å². The minimum atomic E-state index is -0.508. The highest BCUT2D eigenvalue weighted by Crippen LogP contribution is 2.20. The van der Waals surface area contributed by atoms with Crippen LogP contribution in [0, 0.1) is 6.92 Å². The first-order valence-electron chi connectivity index (χ1n) is 4.47. The maximum absolute atomic E-state index is 10.7. The lowest BCUT2D eigenvalue weighted by Gasteiger charge is -2.07. The monoisotopic (exact) mass is 201 g/mol. The first kappa shape index (κ1) is 9.45. The van der Waals surface area contributed by atoms with E-state index in [1.165, 1.54) is 12.4 Å². The molecule has 0 atom stereocenters. The highest BCUT2D eigenvalue weighted by Gasteiger charge is 1.97. The molecule has 15 heavy (non-hydrogen) atoms. The Hall–Kier alpha value is -2.10. The van der Waals surface area contributed by atoms with E-state index in [1.54, 1.807) is 0 Å². The summed E-state index contributed by atoms with van der Waals surface area (Å²) in [5.41, 5.74) is 1.11. The molecular formula is C11H9N2O2-. The molecule has 2 aromatic rings. The Morgan fingerprint density at radius 3 is 2.53 bits per heavy atom. The first-order valence-corrected chi connectivity index (χ1v) is 4.47. The number of hydrogen-bond acceptors (Lipinski definition) is 4. The summed E-state index contributed by atoms with van der Waals surface area (Å²) in [6.45, 7) is 1.98. The third-order valence-corrected chi connectivity index (χ3v) is 1.83. The molecule has 0 amide bonds. The third kappa shape index (κ3) is 2.43. The number of benzene rings is 1. The number of nitrogens with zero attached hydrogens (tertiary/aromatic N) is 2. The summed E-state index contributed by atoms with van der Waals surface area (Å²) in [5.74, 6) is 1.16. The van der Waals surface area contributed by atoms with Crippen LogP contribution in [0.25, 0.3) is 0 Å². The zero-order valence-electron chi connectivity index (χ0n) is 8.18. The van der Waals surface area contributed by atoms with Crippen LogP contribution in [0.1, 0.15) is 5.56 Å². The minimum absolute atomic E-state index is 0.459. The lowest BCUT2D eigenvalue weighted by atomic mass is 10.2. The van der Waals surface area contributed by atoms with E-state index >= 15 is 0 Å². The van der Waals surface area contributed by atoms with E-state index in [-0.39, 0.29) is 0 Å². The highest BCUT2D eigenvalue weighted by atomic mass is 16.5. The molecule has 0 aliphatic heterocycles. The van der Waals surface area contributed by atoms with E-state index < -0.39 is 6.01 Å². The normalized spacial score (nSPS) is 9.93. The molecule has 0 spiro atoms. The molecule has 0 bridgehead atoms. The molecule has 1 aromatic heterocycles.